The molecule has 1 aliphatic carbocycles. The molecule has 5 heteroatoms. The molecule has 4 rings (SSSR count). The molecular weight excluding hydrogens is 463 g/mol. The second-order valence-corrected chi connectivity index (χ2v) is 9.78. The van der Waals surface area contributed by atoms with E-state index in [9.17, 15) is 9.18 Å². The van der Waals surface area contributed by atoms with Gasteiger partial charge in [0.1, 0.15) is 17.3 Å². The summed E-state index contributed by atoms with van der Waals surface area (Å²) >= 11 is 5.95. The van der Waals surface area contributed by atoms with Gasteiger partial charge in [0, 0.05) is 11.4 Å². The zero-order chi connectivity index (χ0) is 24.6. The van der Waals surface area contributed by atoms with E-state index in [4.69, 9.17) is 21.1 Å². The Morgan fingerprint density at radius 2 is 1.71 bits per heavy atom. The van der Waals surface area contributed by atoms with Gasteiger partial charge in [-0.15, -0.1) is 0 Å². The number of hydrogen-bond donors (Lipinski definition) is 0. The van der Waals surface area contributed by atoms with Crippen molar-refractivity contribution in [1.29, 1.82) is 0 Å². The van der Waals surface area contributed by atoms with Gasteiger partial charge in [-0.1, -0.05) is 41.9 Å². The fraction of sp³-hybridized carbons (Fsp3) is 0.367. The van der Waals surface area contributed by atoms with E-state index in [-0.39, 0.29) is 23.8 Å². The van der Waals surface area contributed by atoms with Gasteiger partial charge in [-0.05, 0) is 104 Å². The number of ketones is 1. The molecule has 3 aromatic rings. The summed E-state index contributed by atoms with van der Waals surface area (Å²) in [7, 11) is 0. The van der Waals surface area contributed by atoms with Crippen LogP contribution in [0.4, 0.5) is 4.39 Å². The first kappa shape index (κ1) is 25.4. The predicted octanol–water partition coefficient (Wildman–Crippen LogP) is 7.96. The summed E-state index contributed by atoms with van der Waals surface area (Å²) in [5.74, 6) is 0.718. The van der Waals surface area contributed by atoms with Gasteiger partial charge in [0.25, 0.3) is 0 Å². The lowest BCUT2D eigenvalue weighted by Gasteiger charge is -2.29. The molecule has 0 saturated heterocycles. The van der Waals surface area contributed by atoms with E-state index in [2.05, 4.69) is 6.07 Å². The lowest BCUT2D eigenvalue weighted by Crippen LogP contribution is -2.28. The fourth-order valence-electron chi connectivity index (χ4n) is 4.60. The number of ether oxygens (including phenoxy) is 2. The molecule has 0 aliphatic heterocycles. The average Bonchev–Trinajstić information content (AvgIpc) is 2.85. The van der Waals surface area contributed by atoms with E-state index in [1.807, 2.05) is 42.5 Å². The maximum absolute atomic E-state index is 13.9. The van der Waals surface area contributed by atoms with E-state index >= 15 is 0 Å². The van der Waals surface area contributed by atoms with E-state index in [0.29, 0.717) is 13.0 Å². The van der Waals surface area contributed by atoms with Gasteiger partial charge >= 0.3 is 0 Å². The van der Waals surface area contributed by atoms with E-state index in [1.165, 1.54) is 6.07 Å². The molecule has 0 N–H and O–H groups in total. The summed E-state index contributed by atoms with van der Waals surface area (Å²) in [5, 5.41) is 0.732. The van der Waals surface area contributed by atoms with Crippen LogP contribution in [0.15, 0.2) is 66.7 Å². The molecule has 184 valence electrons. The smallest absolute Gasteiger partial charge is 0.129 e. The van der Waals surface area contributed by atoms with Crippen LogP contribution >= 0.6 is 11.6 Å². The van der Waals surface area contributed by atoms with Crippen molar-refractivity contribution >= 4 is 17.4 Å². The number of carbonyl (C=O) groups is 1. The van der Waals surface area contributed by atoms with Gasteiger partial charge in [-0.3, -0.25) is 0 Å². The quantitative estimate of drug-likeness (QED) is 0.286. The van der Waals surface area contributed by atoms with E-state index < -0.39 is 0 Å². The lowest BCUT2D eigenvalue weighted by atomic mass is 9.94. The van der Waals surface area contributed by atoms with Crippen LogP contribution in [0.25, 0.3) is 11.1 Å². The van der Waals surface area contributed by atoms with Crippen LogP contribution in [-0.4, -0.2) is 18.0 Å². The third-order valence-corrected chi connectivity index (χ3v) is 6.77. The van der Waals surface area contributed by atoms with Crippen LogP contribution in [0.3, 0.4) is 0 Å². The van der Waals surface area contributed by atoms with Gasteiger partial charge in [-0.25, -0.2) is 4.39 Å². The molecule has 0 amide bonds. The highest BCUT2D eigenvalue weighted by Gasteiger charge is 2.23. The molecule has 0 heterocycles. The second kappa shape index (κ2) is 12.3. The first-order valence-electron chi connectivity index (χ1n) is 12.4. The highest BCUT2D eigenvalue weighted by molar-refractivity contribution is 6.30. The van der Waals surface area contributed by atoms with Gasteiger partial charge in [-0.2, -0.15) is 0 Å². The minimum absolute atomic E-state index is 0.134. The normalized spacial score (nSPS) is 17.8. The minimum atomic E-state index is -0.263. The van der Waals surface area contributed by atoms with Crippen LogP contribution in [0.2, 0.25) is 5.02 Å². The van der Waals surface area contributed by atoms with Crippen LogP contribution in [0.5, 0.6) is 5.75 Å². The number of Topliss-reactive ketones (excluding diaryl/α,β-unsaturated/α-hetero) is 1. The van der Waals surface area contributed by atoms with Crippen molar-refractivity contribution in [1.82, 2.24) is 0 Å². The first-order chi connectivity index (χ1) is 17.0. The molecule has 0 bridgehead atoms. The van der Waals surface area contributed by atoms with Gasteiger partial charge in [0.05, 0.1) is 18.8 Å². The van der Waals surface area contributed by atoms with Crippen molar-refractivity contribution in [3.05, 3.63) is 88.7 Å². The maximum atomic E-state index is 13.9. The Bertz CT molecular complexity index is 1120. The second-order valence-electron chi connectivity index (χ2n) is 9.34. The molecule has 0 spiro atoms. The molecule has 1 fully saturated rings. The van der Waals surface area contributed by atoms with E-state index in [1.54, 1.807) is 19.1 Å². The molecule has 1 saturated carbocycles. The number of benzene rings is 3. The molecule has 1 aliphatic rings. The van der Waals surface area contributed by atoms with Crippen LogP contribution in [-0.2, 0) is 22.6 Å². The highest BCUT2D eigenvalue weighted by atomic mass is 35.5. The standard InChI is InChI=1S/C30H32ClFO3/c1-21(33)4-2-5-23-10-13-29(19-30(23)24-6-3-7-26(32)18-24)35-28-16-14-27(15-17-28)34-20-22-8-11-25(31)12-9-22/h3,6-13,18-19,27-28H,2,4-5,14-17,20H2,1H3. The topological polar surface area (TPSA) is 35.5 Å². The Morgan fingerprint density at radius 3 is 2.43 bits per heavy atom. The van der Waals surface area contributed by atoms with Crippen molar-refractivity contribution in [2.45, 2.75) is 70.7 Å². The summed E-state index contributed by atoms with van der Waals surface area (Å²) in [6.45, 7) is 2.21. The van der Waals surface area contributed by atoms with Crippen molar-refractivity contribution < 1.29 is 18.7 Å². The molecule has 3 aromatic carbocycles. The Kier molecular flexibility index (Phi) is 8.95. The SMILES string of the molecule is CC(=O)CCCc1ccc(OC2CCC(OCc3ccc(Cl)cc3)CC2)cc1-c1cccc(F)c1. The Labute approximate surface area is 212 Å². The summed E-state index contributed by atoms with van der Waals surface area (Å²) < 4.78 is 26.4. The Hall–Kier alpha value is -2.69. The summed E-state index contributed by atoms with van der Waals surface area (Å²) in [4.78, 5) is 11.4. The molecular formula is C30H32ClFO3. The van der Waals surface area contributed by atoms with Crippen LogP contribution in [0.1, 0.15) is 56.6 Å². The zero-order valence-corrected chi connectivity index (χ0v) is 20.9. The molecule has 0 unspecified atom stereocenters. The van der Waals surface area contributed by atoms with Gasteiger partial charge in [0.2, 0.25) is 0 Å². The summed E-state index contributed by atoms with van der Waals surface area (Å²) in [6, 6.07) is 20.5. The third-order valence-electron chi connectivity index (χ3n) is 6.51. The molecule has 0 atom stereocenters. The third kappa shape index (κ3) is 7.65. The van der Waals surface area contributed by atoms with Gasteiger partial charge in [0.15, 0.2) is 0 Å². The van der Waals surface area contributed by atoms with Crippen molar-refractivity contribution in [2.75, 3.05) is 0 Å². The van der Waals surface area contributed by atoms with Crippen molar-refractivity contribution in [2.24, 2.45) is 0 Å². The summed E-state index contributed by atoms with van der Waals surface area (Å²) in [6.07, 6.45) is 6.23. The molecule has 0 radical (unpaired) electrons. The molecule has 35 heavy (non-hydrogen) atoms. The predicted molar refractivity (Wildman–Crippen MR) is 138 cm³/mol. The number of aryl methyl sites for hydroxylation is 1. The molecule has 3 nitrogen and oxygen atoms in total. The number of hydrogen-bond acceptors (Lipinski definition) is 3. The zero-order valence-electron chi connectivity index (χ0n) is 20.1. The highest BCUT2D eigenvalue weighted by Crippen LogP contribution is 2.32. The van der Waals surface area contributed by atoms with E-state index in [0.717, 1.165) is 71.6 Å². The first-order valence-corrected chi connectivity index (χ1v) is 12.7. The summed E-state index contributed by atoms with van der Waals surface area (Å²) in [5.41, 5.74) is 4.02. The Morgan fingerprint density at radius 1 is 0.971 bits per heavy atom. The fourth-order valence-corrected chi connectivity index (χ4v) is 4.73. The monoisotopic (exact) mass is 494 g/mol. The van der Waals surface area contributed by atoms with Crippen LogP contribution in [0, 0.1) is 5.82 Å². The maximum Gasteiger partial charge on any atom is 0.129 e. The largest absolute Gasteiger partial charge is 0.490 e. The number of halogens is 2. The Balaban J connectivity index is 1.36. The number of carbonyl (C=O) groups excluding carboxylic acids is 1. The molecule has 0 aromatic heterocycles. The van der Waals surface area contributed by atoms with Crippen molar-refractivity contribution in [3.63, 3.8) is 0 Å². The van der Waals surface area contributed by atoms with Crippen molar-refractivity contribution in [3.8, 4) is 16.9 Å². The minimum Gasteiger partial charge on any atom is -0.490 e. The van der Waals surface area contributed by atoms with Gasteiger partial charge < -0.3 is 14.3 Å². The number of rotatable bonds is 10. The lowest BCUT2D eigenvalue weighted by molar-refractivity contribution is -0.117. The average molecular weight is 495 g/mol. The van der Waals surface area contributed by atoms with Crippen LogP contribution < -0.4 is 4.74 Å².